The van der Waals surface area contributed by atoms with E-state index in [-0.39, 0.29) is 17.3 Å². The number of methoxy groups -OCH3 is 1. The van der Waals surface area contributed by atoms with Crippen LogP contribution in [0.2, 0.25) is 0 Å². The lowest BCUT2D eigenvalue weighted by Crippen LogP contribution is -2.47. The van der Waals surface area contributed by atoms with Gasteiger partial charge in [-0.15, -0.1) is 6.58 Å². The zero-order chi connectivity index (χ0) is 23.6. The summed E-state index contributed by atoms with van der Waals surface area (Å²) in [5.74, 6) is 0.209. The summed E-state index contributed by atoms with van der Waals surface area (Å²) in [6, 6.07) is 12.9. The Kier molecular flexibility index (Phi) is 9.60. The Morgan fingerprint density at radius 2 is 2.06 bits per heavy atom. The van der Waals surface area contributed by atoms with Gasteiger partial charge < -0.3 is 4.74 Å². The number of hydrogen-bond donors (Lipinski definition) is 0. The van der Waals surface area contributed by atoms with Crippen LogP contribution in [-0.4, -0.2) is 13.1 Å². The van der Waals surface area contributed by atoms with E-state index in [1.54, 1.807) is 17.8 Å². The molecular weight excluding hydrogens is 414 g/mol. The summed E-state index contributed by atoms with van der Waals surface area (Å²) in [5.41, 5.74) is 0.242. The highest BCUT2D eigenvalue weighted by molar-refractivity contribution is 8.02. The fourth-order valence-corrected chi connectivity index (χ4v) is 5.36. The van der Waals surface area contributed by atoms with Crippen molar-refractivity contribution in [2.75, 3.05) is 7.11 Å². The van der Waals surface area contributed by atoms with E-state index < -0.39 is 5.41 Å². The molecule has 4 heteroatoms. The first-order valence-electron chi connectivity index (χ1n) is 11.2. The molecule has 0 bridgehead atoms. The Morgan fingerprint density at radius 1 is 1.34 bits per heavy atom. The van der Waals surface area contributed by atoms with Gasteiger partial charge in [0.25, 0.3) is 0 Å². The molecule has 0 aromatic heterocycles. The van der Waals surface area contributed by atoms with E-state index in [4.69, 9.17) is 4.74 Å². The molecule has 4 atom stereocenters. The molecule has 170 valence electrons. The number of nitrogens with zero attached hydrogens (tertiary/aromatic N) is 1. The van der Waals surface area contributed by atoms with E-state index >= 15 is 0 Å². The number of allylic oxidation sites excluding steroid dienone is 5. The minimum atomic E-state index is -0.567. The molecule has 0 radical (unpaired) electrons. The number of nitriles is 1. The van der Waals surface area contributed by atoms with E-state index in [1.807, 2.05) is 48.8 Å². The van der Waals surface area contributed by atoms with E-state index in [2.05, 4.69) is 44.7 Å². The summed E-state index contributed by atoms with van der Waals surface area (Å²) in [5, 5.41) is 12.4. The van der Waals surface area contributed by atoms with Gasteiger partial charge >= 0.3 is 5.97 Å². The fraction of sp³-hybridized carbons (Fsp3) is 0.429. The molecule has 1 aromatic rings. The van der Waals surface area contributed by atoms with Crippen molar-refractivity contribution in [3.05, 3.63) is 78.3 Å². The van der Waals surface area contributed by atoms with Gasteiger partial charge in [-0.05, 0) is 67.4 Å². The van der Waals surface area contributed by atoms with Crippen LogP contribution in [0.15, 0.2) is 83.2 Å². The summed E-state index contributed by atoms with van der Waals surface area (Å²) >= 11 is 1.66. The number of esters is 1. The van der Waals surface area contributed by atoms with Crippen LogP contribution < -0.4 is 0 Å². The van der Waals surface area contributed by atoms with Crippen molar-refractivity contribution in [1.82, 2.24) is 0 Å². The van der Waals surface area contributed by atoms with Crippen LogP contribution in [0.25, 0.3) is 0 Å². The van der Waals surface area contributed by atoms with Crippen molar-refractivity contribution >= 4 is 17.7 Å². The first-order chi connectivity index (χ1) is 15.3. The number of carbonyl (C=O) groups excluding carboxylic acids is 1. The highest BCUT2D eigenvalue weighted by Crippen LogP contribution is 2.57. The van der Waals surface area contributed by atoms with Crippen molar-refractivity contribution in [3.8, 4) is 6.07 Å². The smallest absolute Gasteiger partial charge is 0.330 e. The highest BCUT2D eigenvalue weighted by atomic mass is 32.2. The lowest BCUT2D eigenvalue weighted by Gasteiger charge is -2.52. The minimum absolute atomic E-state index is 0.105. The fourth-order valence-electron chi connectivity index (χ4n) is 4.72. The third kappa shape index (κ3) is 6.26. The third-order valence-electron chi connectivity index (χ3n) is 7.00. The van der Waals surface area contributed by atoms with Crippen LogP contribution in [0.1, 0.15) is 46.5 Å². The molecule has 1 aliphatic carbocycles. The second kappa shape index (κ2) is 11.9. The lowest BCUT2D eigenvalue weighted by atomic mass is 9.50. The topological polar surface area (TPSA) is 50.1 Å². The van der Waals surface area contributed by atoms with Crippen molar-refractivity contribution in [2.45, 2.75) is 51.3 Å². The number of hydrogen-bond acceptors (Lipinski definition) is 4. The van der Waals surface area contributed by atoms with Gasteiger partial charge in [0.15, 0.2) is 0 Å². The van der Waals surface area contributed by atoms with Gasteiger partial charge in [-0.2, -0.15) is 5.26 Å². The molecule has 0 saturated heterocycles. The SMILES string of the molecule is C=C[C@]1(C)[C@@H](C)CC[C@](C#N)(/C=C/C=C/Sc2ccccc2)[C@H]1CC/C(C)=C/C(=O)OC. The maximum atomic E-state index is 11.6. The molecular formula is C28H35NO2S. The van der Waals surface area contributed by atoms with Gasteiger partial charge in [-0.1, -0.05) is 73.7 Å². The molecule has 2 rings (SSSR count). The molecule has 0 N–H and O–H groups in total. The van der Waals surface area contributed by atoms with Crippen LogP contribution in [0.4, 0.5) is 0 Å². The Hall–Kier alpha value is -2.51. The maximum absolute atomic E-state index is 11.6. The van der Waals surface area contributed by atoms with Gasteiger partial charge in [0, 0.05) is 11.0 Å². The molecule has 1 saturated carbocycles. The molecule has 0 heterocycles. The Labute approximate surface area is 197 Å². The van der Waals surface area contributed by atoms with Crippen molar-refractivity contribution in [2.24, 2.45) is 22.7 Å². The number of thioether (sulfide) groups is 1. The second-order valence-corrected chi connectivity index (χ2v) is 9.86. The van der Waals surface area contributed by atoms with Crippen LogP contribution in [0.5, 0.6) is 0 Å². The Balaban J connectivity index is 2.25. The normalized spacial score (nSPS) is 28.5. The van der Waals surface area contributed by atoms with Crippen molar-refractivity contribution < 1.29 is 9.53 Å². The lowest BCUT2D eigenvalue weighted by molar-refractivity contribution is -0.134. The minimum Gasteiger partial charge on any atom is -0.466 e. The first kappa shape index (κ1) is 25.7. The predicted octanol–water partition coefficient (Wildman–Crippen LogP) is 7.50. The van der Waals surface area contributed by atoms with E-state index in [0.717, 1.165) is 31.3 Å². The van der Waals surface area contributed by atoms with Crippen LogP contribution >= 0.6 is 11.8 Å². The molecule has 32 heavy (non-hydrogen) atoms. The molecule has 3 nitrogen and oxygen atoms in total. The van der Waals surface area contributed by atoms with Crippen LogP contribution in [-0.2, 0) is 9.53 Å². The average molecular weight is 450 g/mol. The molecule has 0 amide bonds. The summed E-state index contributed by atoms with van der Waals surface area (Å²) in [6.45, 7) is 10.6. The summed E-state index contributed by atoms with van der Waals surface area (Å²) in [7, 11) is 1.39. The van der Waals surface area contributed by atoms with Gasteiger partial charge in [0.05, 0.1) is 18.6 Å². The predicted molar refractivity (Wildman–Crippen MR) is 134 cm³/mol. The highest BCUT2D eigenvalue weighted by Gasteiger charge is 2.51. The van der Waals surface area contributed by atoms with Gasteiger partial charge in [0.2, 0.25) is 0 Å². The zero-order valence-corrected chi connectivity index (χ0v) is 20.5. The average Bonchev–Trinajstić information content (AvgIpc) is 2.81. The monoisotopic (exact) mass is 449 g/mol. The number of carbonyl (C=O) groups is 1. The second-order valence-electron chi connectivity index (χ2n) is 8.89. The van der Waals surface area contributed by atoms with Crippen molar-refractivity contribution in [1.29, 1.82) is 5.26 Å². The van der Waals surface area contributed by atoms with Crippen LogP contribution in [0, 0.1) is 34.0 Å². The standard InChI is InChI=1S/C28H35NO2S/c1-6-27(4)23(3)16-18-28(21-29,25(27)15-14-22(2)20-26(30)31-5)17-10-11-19-32-24-12-8-7-9-13-24/h6-13,17,19-20,23,25H,1,14-16,18H2,2-5H3/b17-10+,19-11+,22-20+/t23-,25-,27+,28-/m0/s1. The molecule has 0 spiro atoms. The summed E-state index contributed by atoms with van der Waals surface area (Å²) in [6.07, 6.45) is 13.1. The van der Waals surface area contributed by atoms with Gasteiger partial charge in [-0.25, -0.2) is 4.79 Å². The van der Waals surface area contributed by atoms with Gasteiger partial charge in [-0.3, -0.25) is 0 Å². The number of benzene rings is 1. The Morgan fingerprint density at radius 3 is 2.69 bits per heavy atom. The first-order valence-corrected chi connectivity index (χ1v) is 12.1. The van der Waals surface area contributed by atoms with Crippen LogP contribution in [0.3, 0.4) is 0 Å². The van der Waals surface area contributed by atoms with E-state index in [0.29, 0.717) is 5.92 Å². The molecule has 0 aliphatic heterocycles. The molecule has 1 aromatic carbocycles. The summed E-state index contributed by atoms with van der Waals surface area (Å²) in [4.78, 5) is 12.8. The molecule has 0 unspecified atom stereocenters. The number of rotatable bonds is 9. The molecule has 1 aliphatic rings. The number of ether oxygens (including phenoxy) is 1. The quantitative estimate of drug-likeness (QED) is 0.129. The zero-order valence-electron chi connectivity index (χ0n) is 19.7. The summed E-state index contributed by atoms with van der Waals surface area (Å²) < 4.78 is 4.76. The largest absolute Gasteiger partial charge is 0.466 e. The van der Waals surface area contributed by atoms with E-state index in [1.165, 1.54) is 12.0 Å². The maximum Gasteiger partial charge on any atom is 0.330 e. The third-order valence-corrected chi connectivity index (χ3v) is 7.83. The Bertz CT molecular complexity index is 911. The van der Waals surface area contributed by atoms with Crippen molar-refractivity contribution in [3.63, 3.8) is 0 Å². The van der Waals surface area contributed by atoms with Gasteiger partial charge in [0.1, 0.15) is 0 Å². The van der Waals surface area contributed by atoms with E-state index in [9.17, 15) is 10.1 Å². The molecule has 1 fully saturated rings.